The maximum absolute atomic E-state index is 11.9. The predicted molar refractivity (Wildman–Crippen MR) is 85.0 cm³/mol. The Hall–Kier alpha value is -0.610. The number of rotatable bonds is 6. The topological polar surface area (TPSA) is 64.3 Å². The van der Waals surface area contributed by atoms with Crippen molar-refractivity contribution in [2.45, 2.75) is 95.9 Å². The van der Waals surface area contributed by atoms with Gasteiger partial charge in [0.1, 0.15) is 5.54 Å². The molecule has 4 nitrogen and oxygen atoms in total. The molecule has 4 atom stereocenters. The van der Waals surface area contributed by atoms with Crippen molar-refractivity contribution in [1.29, 1.82) is 0 Å². The number of carbonyl (C=O) groups is 1. The van der Waals surface area contributed by atoms with Crippen molar-refractivity contribution in [3.63, 3.8) is 0 Å². The van der Waals surface area contributed by atoms with Crippen LogP contribution in [-0.2, 0) is 9.53 Å². The predicted octanol–water partition coefficient (Wildman–Crippen LogP) is 2.75. The minimum Gasteiger partial charge on any atom is -0.375 e. The van der Waals surface area contributed by atoms with Crippen LogP contribution in [0.1, 0.15) is 72.1 Å². The summed E-state index contributed by atoms with van der Waals surface area (Å²) in [5.74, 6) is 0.595. The van der Waals surface area contributed by atoms with Crippen molar-refractivity contribution in [1.82, 2.24) is 5.32 Å². The molecule has 0 bridgehead atoms. The second kappa shape index (κ2) is 7.10. The molecule has 1 amide bonds. The zero-order chi connectivity index (χ0) is 15.5. The molecule has 4 unspecified atom stereocenters. The van der Waals surface area contributed by atoms with Gasteiger partial charge in [0.2, 0.25) is 5.91 Å². The normalized spacial score (nSPS) is 37.0. The molecule has 0 aromatic rings. The van der Waals surface area contributed by atoms with Crippen molar-refractivity contribution >= 4 is 5.91 Å². The Bertz CT molecular complexity index is 359. The number of carbonyl (C=O) groups excluding carboxylic acids is 1. The Morgan fingerprint density at radius 3 is 2.71 bits per heavy atom. The number of nitrogens with two attached hydrogens (primary N) is 1. The van der Waals surface area contributed by atoms with Gasteiger partial charge in [-0.2, -0.15) is 0 Å². The zero-order valence-electron chi connectivity index (χ0n) is 13.9. The first-order valence-electron chi connectivity index (χ1n) is 8.68. The van der Waals surface area contributed by atoms with Crippen LogP contribution in [0, 0.1) is 5.92 Å². The molecule has 0 spiro atoms. The molecule has 2 aliphatic carbocycles. The second-order valence-electron chi connectivity index (χ2n) is 7.31. The molecule has 0 aromatic carbocycles. The Labute approximate surface area is 129 Å². The summed E-state index contributed by atoms with van der Waals surface area (Å²) in [4.78, 5) is 11.9. The third-order valence-corrected chi connectivity index (χ3v) is 5.20. The van der Waals surface area contributed by atoms with E-state index in [-0.39, 0.29) is 18.1 Å². The lowest BCUT2D eigenvalue weighted by Gasteiger charge is -2.32. The first-order chi connectivity index (χ1) is 9.95. The van der Waals surface area contributed by atoms with E-state index < -0.39 is 5.54 Å². The minimum absolute atomic E-state index is 0.185. The molecule has 2 aliphatic rings. The molecule has 2 fully saturated rings. The fourth-order valence-corrected chi connectivity index (χ4v) is 4.10. The van der Waals surface area contributed by atoms with E-state index in [1.165, 1.54) is 32.1 Å². The maximum atomic E-state index is 11.9. The van der Waals surface area contributed by atoms with Crippen LogP contribution in [0.3, 0.4) is 0 Å². The Morgan fingerprint density at radius 1 is 1.33 bits per heavy atom. The summed E-state index contributed by atoms with van der Waals surface area (Å²) in [5, 5.41) is 3.39. The summed E-state index contributed by atoms with van der Waals surface area (Å²) in [6, 6.07) is 0.260. The third-order valence-electron chi connectivity index (χ3n) is 5.20. The van der Waals surface area contributed by atoms with E-state index in [1.54, 1.807) is 0 Å². The third kappa shape index (κ3) is 4.19. The van der Waals surface area contributed by atoms with Gasteiger partial charge in [-0.05, 0) is 45.4 Å². The van der Waals surface area contributed by atoms with E-state index in [2.05, 4.69) is 26.1 Å². The van der Waals surface area contributed by atoms with Crippen molar-refractivity contribution in [2.75, 3.05) is 0 Å². The van der Waals surface area contributed by atoms with Crippen LogP contribution < -0.4 is 11.1 Å². The van der Waals surface area contributed by atoms with Crippen LogP contribution in [0.5, 0.6) is 0 Å². The maximum Gasteiger partial charge on any atom is 0.237 e. The van der Waals surface area contributed by atoms with Gasteiger partial charge in [-0.3, -0.25) is 4.79 Å². The molecule has 0 saturated heterocycles. The van der Waals surface area contributed by atoms with E-state index in [4.69, 9.17) is 10.5 Å². The van der Waals surface area contributed by atoms with Gasteiger partial charge in [-0.15, -0.1) is 0 Å². The molecule has 4 heteroatoms. The minimum atomic E-state index is -0.558. The lowest BCUT2D eigenvalue weighted by atomic mass is 9.85. The SMILES string of the molecule is CCC1CCCC(OC2CCC(NC(C)C)(C(N)=O)C2)C1. The van der Waals surface area contributed by atoms with Crippen LogP contribution in [0.25, 0.3) is 0 Å². The van der Waals surface area contributed by atoms with Gasteiger partial charge >= 0.3 is 0 Å². The molecular weight excluding hydrogens is 264 g/mol. The summed E-state index contributed by atoms with van der Waals surface area (Å²) in [6.45, 7) is 6.39. The first kappa shape index (κ1) is 16.8. The quantitative estimate of drug-likeness (QED) is 0.792. The Morgan fingerprint density at radius 2 is 2.10 bits per heavy atom. The molecular formula is C17H32N2O2. The fraction of sp³-hybridized carbons (Fsp3) is 0.941. The fourth-order valence-electron chi connectivity index (χ4n) is 4.10. The molecule has 0 aromatic heterocycles. The monoisotopic (exact) mass is 296 g/mol. The lowest BCUT2D eigenvalue weighted by molar-refractivity contribution is -0.125. The van der Waals surface area contributed by atoms with Gasteiger partial charge < -0.3 is 15.8 Å². The van der Waals surface area contributed by atoms with Gasteiger partial charge in [-0.25, -0.2) is 0 Å². The van der Waals surface area contributed by atoms with Crippen molar-refractivity contribution in [3.8, 4) is 0 Å². The molecule has 0 aliphatic heterocycles. The molecule has 0 heterocycles. The summed E-state index contributed by atoms with van der Waals surface area (Å²) in [6.07, 6.45) is 9.29. The largest absolute Gasteiger partial charge is 0.375 e. The highest BCUT2D eigenvalue weighted by molar-refractivity contribution is 5.85. The number of hydrogen-bond acceptors (Lipinski definition) is 3. The van der Waals surface area contributed by atoms with Crippen LogP contribution in [-0.4, -0.2) is 29.7 Å². The summed E-state index contributed by atoms with van der Waals surface area (Å²) in [5.41, 5.74) is 5.11. The highest BCUT2D eigenvalue weighted by Gasteiger charge is 2.45. The number of hydrogen-bond donors (Lipinski definition) is 2. The van der Waals surface area contributed by atoms with E-state index >= 15 is 0 Å². The summed E-state index contributed by atoms with van der Waals surface area (Å²) < 4.78 is 6.32. The average Bonchev–Trinajstić information content (AvgIpc) is 2.82. The van der Waals surface area contributed by atoms with E-state index in [0.717, 1.165) is 25.2 Å². The van der Waals surface area contributed by atoms with Gasteiger partial charge in [0, 0.05) is 12.5 Å². The zero-order valence-corrected chi connectivity index (χ0v) is 13.9. The van der Waals surface area contributed by atoms with Gasteiger partial charge in [0.25, 0.3) is 0 Å². The molecule has 2 rings (SSSR count). The van der Waals surface area contributed by atoms with Crippen molar-refractivity contribution in [2.24, 2.45) is 11.7 Å². The number of amides is 1. The van der Waals surface area contributed by atoms with Gasteiger partial charge in [-0.1, -0.05) is 26.2 Å². The number of primary amides is 1. The molecule has 3 N–H and O–H groups in total. The second-order valence-corrected chi connectivity index (χ2v) is 7.31. The number of nitrogens with one attached hydrogen (secondary N) is 1. The van der Waals surface area contributed by atoms with Crippen molar-refractivity contribution < 1.29 is 9.53 Å². The molecule has 122 valence electrons. The average molecular weight is 296 g/mol. The van der Waals surface area contributed by atoms with E-state index in [9.17, 15) is 4.79 Å². The molecule has 0 radical (unpaired) electrons. The molecule has 21 heavy (non-hydrogen) atoms. The van der Waals surface area contributed by atoms with Crippen LogP contribution in [0.15, 0.2) is 0 Å². The first-order valence-corrected chi connectivity index (χ1v) is 8.68. The van der Waals surface area contributed by atoms with Crippen LogP contribution in [0.2, 0.25) is 0 Å². The molecule has 2 saturated carbocycles. The van der Waals surface area contributed by atoms with Gasteiger partial charge in [0.05, 0.1) is 12.2 Å². The Balaban J connectivity index is 1.90. The standard InChI is InChI=1S/C17H32N2O2/c1-4-13-6-5-7-14(10-13)21-15-8-9-17(11-15,16(18)20)19-12(2)3/h12-15,19H,4-11H2,1-3H3,(H2,18,20). The van der Waals surface area contributed by atoms with Gasteiger partial charge in [0.15, 0.2) is 0 Å². The Kier molecular flexibility index (Phi) is 5.67. The van der Waals surface area contributed by atoms with Crippen molar-refractivity contribution in [3.05, 3.63) is 0 Å². The highest BCUT2D eigenvalue weighted by Crippen LogP contribution is 2.36. The number of ether oxygens (including phenoxy) is 1. The summed E-state index contributed by atoms with van der Waals surface area (Å²) >= 11 is 0. The highest BCUT2D eigenvalue weighted by atomic mass is 16.5. The van der Waals surface area contributed by atoms with Crippen LogP contribution in [0.4, 0.5) is 0 Å². The smallest absolute Gasteiger partial charge is 0.237 e. The van der Waals surface area contributed by atoms with E-state index in [0.29, 0.717) is 6.10 Å². The van der Waals surface area contributed by atoms with E-state index in [1.807, 2.05) is 0 Å². The lowest BCUT2D eigenvalue weighted by Crippen LogP contribution is -2.56. The summed E-state index contributed by atoms with van der Waals surface area (Å²) in [7, 11) is 0. The van der Waals surface area contributed by atoms with Crippen LogP contribution >= 0.6 is 0 Å².